The Labute approximate surface area is 110 Å². The Hall–Kier alpha value is -2.30. The van der Waals surface area contributed by atoms with Crippen molar-refractivity contribution in [1.29, 1.82) is 0 Å². The first-order chi connectivity index (χ1) is 9.24. The van der Waals surface area contributed by atoms with Crippen LogP contribution in [-0.2, 0) is 6.54 Å². The summed E-state index contributed by atoms with van der Waals surface area (Å²) in [6, 6.07) is 6.12. The molecule has 2 rings (SSSR count). The molecule has 4 nitrogen and oxygen atoms in total. The minimum Gasteiger partial charge on any atom is -0.296 e. The highest BCUT2D eigenvalue weighted by atomic mass is 19.1. The number of halogens is 1. The molecule has 0 unspecified atom stereocenters. The summed E-state index contributed by atoms with van der Waals surface area (Å²) >= 11 is 0. The van der Waals surface area contributed by atoms with Gasteiger partial charge in [-0.1, -0.05) is 30.3 Å². The molecule has 98 valence electrons. The van der Waals surface area contributed by atoms with Gasteiger partial charge in [-0.2, -0.15) is 0 Å². The van der Waals surface area contributed by atoms with Crippen molar-refractivity contribution >= 4 is 18.4 Å². The van der Waals surface area contributed by atoms with E-state index in [9.17, 15) is 9.18 Å². The van der Waals surface area contributed by atoms with Crippen LogP contribution >= 0.6 is 0 Å². The lowest BCUT2D eigenvalue weighted by Gasteiger charge is -2.00. The normalized spacial score (nSPS) is 11.1. The van der Waals surface area contributed by atoms with Gasteiger partial charge in [-0.15, -0.1) is 5.10 Å². The minimum absolute atomic E-state index is 0.275. The Kier molecular flexibility index (Phi) is 4.18. The van der Waals surface area contributed by atoms with Gasteiger partial charge in [0, 0.05) is 6.54 Å². The molecule has 0 atom stereocenters. The van der Waals surface area contributed by atoms with Gasteiger partial charge in [0.1, 0.15) is 5.82 Å². The van der Waals surface area contributed by atoms with E-state index in [1.165, 1.54) is 12.1 Å². The first-order valence-corrected chi connectivity index (χ1v) is 6.07. The van der Waals surface area contributed by atoms with Crippen LogP contribution in [0.1, 0.15) is 35.1 Å². The van der Waals surface area contributed by atoms with Gasteiger partial charge in [-0.25, -0.2) is 9.07 Å². The summed E-state index contributed by atoms with van der Waals surface area (Å²) in [6.45, 7) is 2.72. The van der Waals surface area contributed by atoms with Gasteiger partial charge in [0.2, 0.25) is 0 Å². The van der Waals surface area contributed by atoms with Gasteiger partial charge >= 0.3 is 0 Å². The lowest BCUT2D eigenvalue weighted by molar-refractivity contribution is 0.111. The van der Waals surface area contributed by atoms with Crippen LogP contribution in [0, 0.1) is 5.82 Å². The van der Waals surface area contributed by atoms with Crippen molar-refractivity contribution in [3.63, 3.8) is 0 Å². The molecule has 19 heavy (non-hydrogen) atoms. The van der Waals surface area contributed by atoms with E-state index in [4.69, 9.17) is 0 Å². The summed E-state index contributed by atoms with van der Waals surface area (Å²) in [5.74, 6) is -0.275. The van der Waals surface area contributed by atoms with Gasteiger partial charge in [0.15, 0.2) is 12.0 Å². The molecule has 1 aromatic carbocycles. The molecule has 2 aromatic rings. The molecule has 0 radical (unpaired) electrons. The smallest absolute Gasteiger partial charge is 0.172 e. The summed E-state index contributed by atoms with van der Waals surface area (Å²) in [4.78, 5) is 10.9. The van der Waals surface area contributed by atoms with Crippen LogP contribution in [0.4, 0.5) is 4.39 Å². The fraction of sp³-hybridized carbons (Fsp3) is 0.214. The van der Waals surface area contributed by atoms with Crippen molar-refractivity contribution in [2.45, 2.75) is 19.9 Å². The van der Waals surface area contributed by atoms with Crippen LogP contribution in [0.15, 0.2) is 24.3 Å². The topological polar surface area (TPSA) is 47.8 Å². The standard InChI is InChI=1S/C14H14FN3O/c1-2-9-18-14(13(10-19)16-17-18)8-5-11-3-6-12(15)7-4-11/h3-8,10H,2,9H2,1H3/b8-5+. The van der Waals surface area contributed by atoms with Crippen molar-refractivity contribution in [2.24, 2.45) is 0 Å². The average Bonchev–Trinajstić information content (AvgIpc) is 2.81. The minimum atomic E-state index is -0.275. The number of carbonyl (C=O) groups is 1. The van der Waals surface area contributed by atoms with E-state index in [0.29, 0.717) is 24.2 Å². The summed E-state index contributed by atoms with van der Waals surface area (Å²) in [6.07, 6.45) is 5.16. The number of aldehydes is 1. The van der Waals surface area contributed by atoms with Crippen molar-refractivity contribution in [1.82, 2.24) is 15.0 Å². The van der Waals surface area contributed by atoms with Gasteiger partial charge in [0.05, 0.1) is 5.69 Å². The molecule has 5 heteroatoms. The van der Waals surface area contributed by atoms with E-state index in [-0.39, 0.29) is 5.82 Å². The fourth-order valence-corrected chi connectivity index (χ4v) is 1.72. The van der Waals surface area contributed by atoms with Crippen molar-refractivity contribution in [3.8, 4) is 0 Å². The molecule has 0 aliphatic carbocycles. The molecule has 0 spiro atoms. The molecule has 1 heterocycles. The second-order valence-electron chi connectivity index (χ2n) is 4.09. The summed E-state index contributed by atoms with van der Waals surface area (Å²) in [5.41, 5.74) is 1.83. The van der Waals surface area contributed by atoms with E-state index in [0.717, 1.165) is 12.0 Å². The summed E-state index contributed by atoms with van der Waals surface area (Å²) in [5, 5.41) is 7.74. The quantitative estimate of drug-likeness (QED) is 0.776. The molecule has 0 saturated carbocycles. The van der Waals surface area contributed by atoms with E-state index in [1.807, 2.05) is 6.92 Å². The Morgan fingerprint density at radius 2 is 2.00 bits per heavy atom. The SMILES string of the molecule is CCCn1nnc(C=O)c1/C=C/c1ccc(F)cc1. The Morgan fingerprint density at radius 3 is 2.63 bits per heavy atom. The van der Waals surface area contributed by atoms with Crippen molar-refractivity contribution in [3.05, 3.63) is 47.0 Å². The molecule has 1 aromatic heterocycles. The largest absolute Gasteiger partial charge is 0.296 e. The Bertz CT molecular complexity index is 587. The molecule has 0 N–H and O–H groups in total. The van der Waals surface area contributed by atoms with Crippen LogP contribution in [0.2, 0.25) is 0 Å². The monoisotopic (exact) mass is 259 g/mol. The summed E-state index contributed by atoms with van der Waals surface area (Å²) < 4.78 is 14.5. The zero-order chi connectivity index (χ0) is 13.7. The van der Waals surface area contributed by atoms with Crippen LogP contribution in [0.3, 0.4) is 0 Å². The number of hydrogen-bond donors (Lipinski definition) is 0. The Balaban J connectivity index is 2.28. The van der Waals surface area contributed by atoms with Gasteiger partial charge in [0.25, 0.3) is 0 Å². The molecule has 0 amide bonds. The van der Waals surface area contributed by atoms with Gasteiger partial charge in [-0.3, -0.25) is 4.79 Å². The van der Waals surface area contributed by atoms with E-state index >= 15 is 0 Å². The number of hydrogen-bond acceptors (Lipinski definition) is 3. The van der Waals surface area contributed by atoms with Crippen LogP contribution in [0.25, 0.3) is 12.2 Å². The highest BCUT2D eigenvalue weighted by Crippen LogP contribution is 2.11. The fourth-order valence-electron chi connectivity index (χ4n) is 1.72. The first kappa shape index (κ1) is 13.1. The van der Waals surface area contributed by atoms with Crippen LogP contribution in [0.5, 0.6) is 0 Å². The number of carbonyl (C=O) groups excluding carboxylic acids is 1. The predicted molar refractivity (Wildman–Crippen MR) is 71.0 cm³/mol. The van der Waals surface area contributed by atoms with Gasteiger partial charge < -0.3 is 0 Å². The number of rotatable bonds is 5. The third-order valence-electron chi connectivity index (χ3n) is 2.65. The maximum atomic E-state index is 12.8. The number of nitrogens with zero attached hydrogens (tertiary/aromatic N) is 3. The zero-order valence-corrected chi connectivity index (χ0v) is 10.6. The molecular weight excluding hydrogens is 245 g/mol. The predicted octanol–water partition coefficient (Wildman–Crippen LogP) is 2.81. The molecule has 0 bridgehead atoms. The molecular formula is C14H14FN3O. The second-order valence-corrected chi connectivity index (χ2v) is 4.09. The maximum absolute atomic E-state index is 12.8. The number of benzene rings is 1. The average molecular weight is 259 g/mol. The molecule has 0 aliphatic heterocycles. The molecule has 0 saturated heterocycles. The lowest BCUT2D eigenvalue weighted by Crippen LogP contribution is -2.01. The summed E-state index contributed by atoms with van der Waals surface area (Å²) in [7, 11) is 0. The maximum Gasteiger partial charge on any atom is 0.172 e. The second kappa shape index (κ2) is 6.04. The number of aryl methyl sites for hydroxylation is 1. The highest BCUT2D eigenvalue weighted by molar-refractivity contribution is 5.81. The molecule has 0 fully saturated rings. The van der Waals surface area contributed by atoms with Crippen molar-refractivity contribution < 1.29 is 9.18 Å². The lowest BCUT2D eigenvalue weighted by atomic mass is 10.2. The third-order valence-corrected chi connectivity index (χ3v) is 2.65. The molecule has 0 aliphatic rings. The van der Waals surface area contributed by atoms with E-state index < -0.39 is 0 Å². The first-order valence-electron chi connectivity index (χ1n) is 6.07. The van der Waals surface area contributed by atoms with Crippen molar-refractivity contribution in [2.75, 3.05) is 0 Å². The Morgan fingerprint density at radius 1 is 1.26 bits per heavy atom. The van der Waals surface area contributed by atoms with Crippen LogP contribution < -0.4 is 0 Å². The zero-order valence-electron chi connectivity index (χ0n) is 10.6. The highest BCUT2D eigenvalue weighted by Gasteiger charge is 2.08. The third kappa shape index (κ3) is 3.13. The van der Waals surface area contributed by atoms with E-state index in [1.54, 1.807) is 29.0 Å². The number of aromatic nitrogens is 3. The van der Waals surface area contributed by atoms with Crippen LogP contribution in [-0.4, -0.2) is 21.3 Å². The van der Waals surface area contributed by atoms with Gasteiger partial charge in [-0.05, 0) is 30.2 Å². The van der Waals surface area contributed by atoms with E-state index in [2.05, 4.69) is 10.3 Å².